The van der Waals surface area contributed by atoms with Crippen molar-refractivity contribution in [3.05, 3.63) is 29.3 Å². The fraction of sp³-hybridized carbons (Fsp3) is 0.562. The Hall–Kier alpha value is -0.830. The minimum atomic E-state index is 0.123. The summed E-state index contributed by atoms with van der Waals surface area (Å²) in [5.74, 6) is 2.85. The van der Waals surface area contributed by atoms with E-state index in [1.54, 1.807) is 0 Å². The van der Waals surface area contributed by atoms with Gasteiger partial charge in [0.2, 0.25) is 5.91 Å². The van der Waals surface area contributed by atoms with E-state index in [4.69, 9.17) is 0 Å². The van der Waals surface area contributed by atoms with E-state index < -0.39 is 0 Å². The maximum absolute atomic E-state index is 11.4. The Morgan fingerprint density at radius 3 is 2.68 bits per heavy atom. The van der Waals surface area contributed by atoms with Crippen LogP contribution in [-0.4, -0.2) is 5.91 Å². The van der Waals surface area contributed by atoms with Crippen LogP contribution in [0, 0.1) is 17.8 Å². The number of hydrogen-bond donors (Lipinski definition) is 1. The second kappa shape index (κ2) is 4.34. The normalized spacial score (nSPS) is 33.3. The molecule has 3 heteroatoms. The number of anilines is 1. The molecule has 0 spiro atoms. The van der Waals surface area contributed by atoms with E-state index in [1.807, 2.05) is 0 Å². The van der Waals surface area contributed by atoms with Gasteiger partial charge in [0.1, 0.15) is 0 Å². The lowest BCUT2D eigenvalue weighted by Crippen LogP contribution is -2.03. The molecule has 1 aromatic rings. The Kier molecular flexibility index (Phi) is 2.73. The molecule has 3 unspecified atom stereocenters. The van der Waals surface area contributed by atoms with Crippen molar-refractivity contribution in [2.75, 3.05) is 5.32 Å². The van der Waals surface area contributed by atoms with Gasteiger partial charge in [0.05, 0.1) is 6.42 Å². The lowest BCUT2D eigenvalue weighted by Gasteiger charge is -2.11. The molecule has 100 valence electrons. The van der Waals surface area contributed by atoms with Crippen molar-refractivity contribution in [1.82, 2.24) is 0 Å². The second-order valence-electron chi connectivity index (χ2n) is 6.23. The third kappa shape index (κ3) is 1.94. The second-order valence-corrected chi connectivity index (χ2v) is 7.22. The molecule has 1 aliphatic heterocycles. The van der Waals surface area contributed by atoms with Crippen LogP contribution in [0.5, 0.6) is 0 Å². The SMILES string of the molecule is O=C1Cc2cc(C(Br)C3C4CCCCC43)ccc2N1. The summed E-state index contributed by atoms with van der Waals surface area (Å²) in [6.07, 6.45) is 6.21. The summed E-state index contributed by atoms with van der Waals surface area (Å²) in [5, 5.41) is 2.90. The summed E-state index contributed by atoms with van der Waals surface area (Å²) < 4.78 is 0. The molecule has 2 saturated carbocycles. The molecule has 3 atom stereocenters. The van der Waals surface area contributed by atoms with E-state index in [9.17, 15) is 4.79 Å². The van der Waals surface area contributed by atoms with Crippen LogP contribution in [-0.2, 0) is 11.2 Å². The first-order valence-electron chi connectivity index (χ1n) is 7.31. The van der Waals surface area contributed by atoms with Crippen LogP contribution >= 0.6 is 15.9 Å². The molecule has 2 fully saturated rings. The molecular weight excluding hydrogens is 302 g/mol. The topological polar surface area (TPSA) is 29.1 Å². The highest BCUT2D eigenvalue weighted by molar-refractivity contribution is 9.09. The largest absolute Gasteiger partial charge is 0.326 e. The number of nitrogens with one attached hydrogen (secondary N) is 1. The molecule has 0 saturated heterocycles. The number of hydrogen-bond acceptors (Lipinski definition) is 1. The number of alkyl halides is 1. The van der Waals surface area contributed by atoms with Crippen molar-refractivity contribution in [1.29, 1.82) is 0 Å². The van der Waals surface area contributed by atoms with Gasteiger partial charge in [-0.15, -0.1) is 0 Å². The monoisotopic (exact) mass is 319 g/mol. The Morgan fingerprint density at radius 2 is 1.95 bits per heavy atom. The minimum absolute atomic E-state index is 0.123. The third-order valence-corrected chi connectivity index (χ3v) is 6.27. The lowest BCUT2D eigenvalue weighted by atomic mass is 10.0. The molecule has 1 amide bonds. The van der Waals surface area contributed by atoms with Crippen LogP contribution in [0.1, 0.15) is 41.6 Å². The molecule has 0 bridgehead atoms. The van der Waals surface area contributed by atoms with Crippen LogP contribution < -0.4 is 5.32 Å². The number of carbonyl (C=O) groups excluding carboxylic acids is 1. The van der Waals surface area contributed by atoms with Crippen molar-refractivity contribution in [2.24, 2.45) is 17.8 Å². The van der Waals surface area contributed by atoms with E-state index in [-0.39, 0.29) is 5.91 Å². The Bertz CT molecular complexity index is 530. The zero-order valence-corrected chi connectivity index (χ0v) is 12.4. The standard InChI is InChI=1S/C16H18BrNO/c17-16(15-11-3-1-2-4-12(11)15)9-5-6-13-10(7-9)8-14(19)18-13/h5-7,11-12,15-16H,1-4,8H2,(H,18,19). The summed E-state index contributed by atoms with van der Waals surface area (Å²) in [6, 6.07) is 6.46. The van der Waals surface area contributed by atoms with Gasteiger partial charge in [-0.1, -0.05) is 40.9 Å². The molecule has 2 aliphatic carbocycles. The molecule has 1 N–H and O–H groups in total. The number of benzene rings is 1. The summed E-state index contributed by atoms with van der Waals surface area (Å²) >= 11 is 3.92. The summed E-state index contributed by atoms with van der Waals surface area (Å²) in [7, 11) is 0. The van der Waals surface area contributed by atoms with Crippen molar-refractivity contribution < 1.29 is 4.79 Å². The minimum Gasteiger partial charge on any atom is -0.326 e. The average molecular weight is 320 g/mol. The van der Waals surface area contributed by atoms with Gasteiger partial charge in [-0.2, -0.15) is 0 Å². The van der Waals surface area contributed by atoms with Crippen LogP contribution in [0.2, 0.25) is 0 Å². The molecule has 3 aliphatic rings. The maximum atomic E-state index is 11.4. The first-order chi connectivity index (χ1) is 9.24. The maximum Gasteiger partial charge on any atom is 0.228 e. The van der Waals surface area contributed by atoms with E-state index in [2.05, 4.69) is 39.4 Å². The van der Waals surface area contributed by atoms with Crippen molar-refractivity contribution in [3.8, 4) is 0 Å². The average Bonchev–Trinajstić information content (AvgIpc) is 3.02. The van der Waals surface area contributed by atoms with E-state index >= 15 is 0 Å². The molecule has 0 aromatic heterocycles. The van der Waals surface area contributed by atoms with Gasteiger partial charge >= 0.3 is 0 Å². The molecule has 19 heavy (non-hydrogen) atoms. The lowest BCUT2D eigenvalue weighted by molar-refractivity contribution is -0.115. The number of halogens is 1. The van der Waals surface area contributed by atoms with E-state index in [0.29, 0.717) is 11.2 Å². The predicted molar refractivity (Wildman–Crippen MR) is 79.4 cm³/mol. The van der Waals surface area contributed by atoms with Crippen LogP contribution in [0.15, 0.2) is 18.2 Å². The van der Waals surface area contributed by atoms with Crippen molar-refractivity contribution in [2.45, 2.75) is 36.9 Å². The number of rotatable bonds is 2. The number of amides is 1. The molecule has 0 radical (unpaired) electrons. The Balaban J connectivity index is 1.56. The first-order valence-corrected chi connectivity index (χ1v) is 8.22. The van der Waals surface area contributed by atoms with Crippen LogP contribution in [0.25, 0.3) is 0 Å². The highest BCUT2D eigenvalue weighted by Gasteiger charge is 2.53. The summed E-state index contributed by atoms with van der Waals surface area (Å²) in [4.78, 5) is 11.9. The van der Waals surface area contributed by atoms with Crippen LogP contribution in [0.3, 0.4) is 0 Å². The van der Waals surface area contributed by atoms with Gasteiger partial charge in [-0.05, 0) is 47.8 Å². The Labute approximate surface area is 122 Å². The van der Waals surface area contributed by atoms with E-state index in [1.165, 1.54) is 31.2 Å². The van der Waals surface area contributed by atoms with Crippen LogP contribution in [0.4, 0.5) is 5.69 Å². The molecular formula is C16H18BrNO. The zero-order chi connectivity index (χ0) is 13.0. The highest BCUT2D eigenvalue weighted by Crippen LogP contribution is 2.62. The van der Waals surface area contributed by atoms with Crippen molar-refractivity contribution >= 4 is 27.5 Å². The molecule has 1 heterocycles. The highest BCUT2D eigenvalue weighted by atomic mass is 79.9. The predicted octanol–water partition coefficient (Wildman–Crippen LogP) is 4.05. The Morgan fingerprint density at radius 1 is 1.21 bits per heavy atom. The zero-order valence-electron chi connectivity index (χ0n) is 10.9. The van der Waals surface area contributed by atoms with Gasteiger partial charge in [0, 0.05) is 10.5 Å². The summed E-state index contributed by atoms with van der Waals surface area (Å²) in [5.41, 5.74) is 3.52. The van der Waals surface area contributed by atoms with Gasteiger partial charge in [0.15, 0.2) is 0 Å². The quantitative estimate of drug-likeness (QED) is 0.818. The van der Waals surface area contributed by atoms with Gasteiger partial charge in [-0.25, -0.2) is 0 Å². The van der Waals surface area contributed by atoms with E-state index in [0.717, 1.165) is 29.0 Å². The molecule has 2 nitrogen and oxygen atoms in total. The van der Waals surface area contributed by atoms with Gasteiger partial charge in [-0.3, -0.25) is 4.79 Å². The first kappa shape index (κ1) is 12.0. The molecule has 4 rings (SSSR count). The van der Waals surface area contributed by atoms with Gasteiger partial charge < -0.3 is 5.32 Å². The fourth-order valence-corrected chi connectivity index (χ4v) is 5.19. The number of carbonyl (C=O) groups is 1. The number of fused-ring (bicyclic) bond motifs is 2. The smallest absolute Gasteiger partial charge is 0.228 e. The molecule has 1 aromatic carbocycles. The third-order valence-electron chi connectivity index (χ3n) is 5.13. The van der Waals surface area contributed by atoms with Gasteiger partial charge in [0.25, 0.3) is 0 Å². The fourth-order valence-electron chi connectivity index (χ4n) is 4.12. The van der Waals surface area contributed by atoms with Crippen molar-refractivity contribution in [3.63, 3.8) is 0 Å². The summed E-state index contributed by atoms with van der Waals surface area (Å²) in [6.45, 7) is 0.